The molecule has 0 saturated carbocycles. The monoisotopic (exact) mass is 978 g/mol. The maximum Gasteiger partial charge on any atom is 0.328 e. The Morgan fingerprint density at radius 3 is 1.62 bits per heavy atom. The minimum absolute atomic E-state index is 0.219. The van der Waals surface area contributed by atoms with E-state index in [0.29, 0.717) is 82.0 Å². The number of amides is 1. The summed E-state index contributed by atoms with van der Waals surface area (Å²) in [5.41, 5.74) is 22.2. The van der Waals surface area contributed by atoms with Crippen molar-refractivity contribution in [3.63, 3.8) is 0 Å². The van der Waals surface area contributed by atoms with E-state index < -0.39 is 42.8 Å². The van der Waals surface area contributed by atoms with Gasteiger partial charge in [0, 0.05) is 74.7 Å². The van der Waals surface area contributed by atoms with Gasteiger partial charge in [0.05, 0.1) is 48.8 Å². The molecule has 2 saturated heterocycles. The fourth-order valence-corrected chi connectivity index (χ4v) is 7.81. The maximum atomic E-state index is 12.4. The van der Waals surface area contributed by atoms with Gasteiger partial charge in [0.2, 0.25) is 5.91 Å². The lowest BCUT2D eigenvalue weighted by molar-refractivity contribution is -0.131. The van der Waals surface area contributed by atoms with Crippen LogP contribution < -0.4 is 33.2 Å². The van der Waals surface area contributed by atoms with Gasteiger partial charge in [-0.05, 0) is 12.2 Å². The zero-order chi connectivity index (χ0) is 50.0. The molecule has 0 spiro atoms. The average molecular weight is 979 g/mol. The summed E-state index contributed by atoms with van der Waals surface area (Å²) >= 11 is 0. The summed E-state index contributed by atoms with van der Waals surface area (Å²) in [6.45, 7) is 1.47. The molecule has 1 amide bonds. The van der Waals surface area contributed by atoms with Gasteiger partial charge in [0.25, 0.3) is 0 Å². The number of aromatic nitrogens is 14. The summed E-state index contributed by atoms with van der Waals surface area (Å²) in [5, 5.41) is 57.4. The predicted molar refractivity (Wildman–Crippen MR) is 255 cm³/mol. The van der Waals surface area contributed by atoms with Crippen molar-refractivity contribution in [2.45, 2.75) is 49.7 Å². The molecule has 2 fully saturated rings. The van der Waals surface area contributed by atoms with Crippen LogP contribution in [0.2, 0.25) is 0 Å². The van der Waals surface area contributed by atoms with Gasteiger partial charge in [-0.25, -0.2) is 54.6 Å². The number of aliphatic hydroxyl groups is 4. The van der Waals surface area contributed by atoms with E-state index in [1.54, 1.807) is 33.9 Å². The Hall–Kier alpha value is -8.32. The van der Waals surface area contributed by atoms with Gasteiger partial charge in [0.1, 0.15) is 83.9 Å². The van der Waals surface area contributed by atoms with Crippen molar-refractivity contribution in [2.75, 3.05) is 61.5 Å². The number of aromatic amines is 2. The Kier molecular flexibility index (Phi) is 15.5. The zero-order valence-corrected chi connectivity index (χ0v) is 37.5. The molecule has 2 aliphatic heterocycles. The summed E-state index contributed by atoms with van der Waals surface area (Å²) < 4.78 is 14.8. The minimum Gasteiger partial charge on any atom is -0.478 e. The molecule has 29 nitrogen and oxygen atoms in total. The van der Waals surface area contributed by atoms with Crippen molar-refractivity contribution >= 4 is 91.7 Å². The second-order valence-corrected chi connectivity index (χ2v) is 15.7. The van der Waals surface area contributed by atoms with Crippen LogP contribution in [0.1, 0.15) is 36.4 Å². The maximum absolute atomic E-state index is 12.4. The highest BCUT2D eigenvalue weighted by molar-refractivity contribution is 5.99. The quantitative estimate of drug-likeness (QED) is 0.0434. The highest BCUT2D eigenvalue weighted by atomic mass is 16.5. The Morgan fingerprint density at radius 2 is 1.15 bits per heavy atom. The van der Waals surface area contributed by atoms with Gasteiger partial charge >= 0.3 is 5.97 Å². The highest BCUT2D eigenvalue weighted by Gasteiger charge is 2.37. The first-order valence-corrected chi connectivity index (χ1v) is 21.9. The van der Waals surface area contributed by atoms with E-state index in [-0.39, 0.29) is 43.6 Å². The lowest BCUT2D eigenvalue weighted by Crippen LogP contribution is -2.27. The van der Waals surface area contributed by atoms with E-state index in [1.165, 1.54) is 43.8 Å². The molecule has 8 aromatic heterocycles. The number of nitrogens with zero attached hydrogens (tertiary/aromatic N) is 12. The third-order valence-corrected chi connectivity index (χ3v) is 11.1. The molecule has 10 rings (SSSR count). The number of hydrogen-bond donors (Lipinski definition) is 13. The van der Waals surface area contributed by atoms with E-state index in [0.717, 1.165) is 17.4 Å². The van der Waals surface area contributed by atoms with Gasteiger partial charge in [-0.3, -0.25) is 4.79 Å². The van der Waals surface area contributed by atoms with Crippen LogP contribution in [0.3, 0.4) is 0 Å². The van der Waals surface area contributed by atoms with E-state index >= 15 is 0 Å². The first kappa shape index (κ1) is 49.1. The molecule has 0 bridgehead atoms. The number of imidazole rings is 2. The van der Waals surface area contributed by atoms with Crippen LogP contribution in [0.5, 0.6) is 0 Å². The van der Waals surface area contributed by atoms with Crippen LogP contribution in [0.4, 0.5) is 23.3 Å². The molecule has 6 atom stereocenters. The number of carboxylic acids is 1. The van der Waals surface area contributed by atoms with Crippen molar-refractivity contribution in [3.8, 4) is 0 Å². The van der Waals surface area contributed by atoms with Crippen LogP contribution in [0, 0.1) is 0 Å². The van der Waals surface area contributed by atoms with Crippen molar-refractivity contribution in [1.82, 2.24) is 74.3 Å². The summed E-state index contributed by atoms with van der Waals surface area (Å²) in [5.74, 6) is 0.428. The number of nitrogens with two attached hydrogens (primary N) is 3. The number of aliphatic hydroxyl groups excluding tert-OH is 4. The Labute approximate surface area is 400 Å². The SMILES string of the molecule is NCCNc1ncnc2nc[nH]c12.Nc1ncnc2c1c(/C=C/C(=O)NCCNc1ncnc3nc[nH]c13)cn2[C@H]1CC(O)[C@@H](CO)O1.Nc1ncnc2c1c(/C=C/C(=O)O)cn2[C@H]1CC(O)[C@@H](CO)O1. The number of nitrogen functional groups attached to an aromatic ring is 2. The summed E-state index contributed by atoms with van der Waals surface area (Å²) in [6, 6.07) is 0. The molecule has 372 valence electrons. The molecule has 8 aromatic rings. The van der Waals surface area contributed by atoms with Crippen molar-refractivity contribution < 1.29 is 44.6 Å². The number of nitrogens with one attached hydrogen (secondary N) is 5. The number of rotatable bonds is 15. The molecule has 2 unspecified atom stereocenters. The smallest absolute Gasteiger partial charge is 0.328 e. The number of carboxylic acid groups (broad SMARTS) is 1. The van der Waals surface area contributed by atoms with Gasteiger partial charge in [-0.2, -0.15) is 0 Å². The number of fused-ring (bicyclic) bond motifs is 4. The number of anilines is 4. The van der Waals surface area contributed by atoms with Crippen LogP contribution in [0.15, 0.2) is 62.5 Å². The van der Waals surface area contributed by atoms with E-state index in [2.05, 4.69) is 75.8 Å². The number of H-pyrrole nitrogens is 2. The minimum atomic E-state index is -1.09. The number of carbonyl (C=O) groups excluding carboxylic acids is 1. The topological polar surface area (TPSA) is 438 Å². The van der Waals surface area contributed by atoms with E-state index in [1.807, 2.05) is 0 Å². The van der Waals surface area contributed by atoms with Gasteiger partial charge in [-0.15, -0.1) is 0 Å². The molecule has 0 aromatic carbocycles. The van der Waals surface area contributed by atoms with E-state index in [4.69, 9.17) is 31.8 Å². The fraction of sp³-hybridized carbons (Fsp3) is 0.333. The zero-order valence-electron chi connectivity index (χ0n) is 37.5. The fourth-order valence-electron chi connectivity index (χ4n) is 7.81. The molecule has 71 heavy (non-hydrogen) atoms. The number of carbonyl (C=O) groups is 2. The summed E-state index contributed by atoms with van der Waals surface area (Å²) in [7, 11) is 0. The molecular weight excluding hydrogens is 929 g/mol. The first-order valence-electron chi connectivity index (χ1n) is 21.9. The predicted octanol–water partition coefficient (Wildman–Crippen LogP) is -0.962. The Morgan fingerprint density at radius 1 is 0.676 bits per heavy atom. The second-order valence-electron chi connectivity index (χ2n) is 15.7. The van der Waals surface area contributed by atoms with E-state index in [9.17, 15) is 30.0 Å². The third-order valence-electron chi connectivity index (χ3n) is 11.1. The Balaban J connectivity index is 0.000000160. The standard InChI is InChI=1S/C21H24N10O4.C14H16N4O5.C7H10N6/c22-18-16-11(6-31(21(16)30-9-26-18)15-5-12(33)13(7-32)35-15)1-2-14(34)23-3-4-24-19-17-20(27-8-25-17)29-10-28-19;15-13-12-7(1-2-11(21)22)4-18(14(12)17-6-16-13)10-3-8(20)9(5-19)23-10;8-1-2-9-6-5-7(11-3-10-5)13-4-12-6/h1-2,6,8-10,12-13,15,32-33H,3-5,7H2,(H,23,34)(H2,22,26,30)(H2,24,25,27,28,29);1-2,4,6,8-10,19-20H,3,5H2,(H,21,22)(H2,15,16,17);3-4H,1-2,8H2,(H2,9,10,11,12,13)/b2*2-1+;/t12?,13-,15-;8?,9-,10-;/m11./s1. The van der Waals surface area contributed by atoms with Crippen LogP contribution in [-0.4, -0.2) is 170 Å². The molecular formula is C42H50N20O9. The largest absolute Gasteiger partial charge is 0.478 e. The summed E-state index contributed by atoms with van der Waals surface area (Å²) in [4.78, 5) is 69.9. The highest BCUT2D eigenvalue weighted by Crippen LogP contribution is 2.36. The lowest BCUT2D eigenvalue weighted by Gasteiger charge is -2.14. The lowest BCUT2D eigenvalue weighted by atomic mass is 10.2. The van der Waals surface area contributed by atoms with Crippen molar-refractivity contribution in [1.29, 1.82) is 0 Å². The molecule has 29 heteroatoms. The number of ether oxygens (including phenoxy) is 2. The molecule has 16 N–H and O–H groups in total. The van der Waals surface area contributed by atoms with Crippen molar-refractivity contribution in [3.05, 3.63) is 73.6 Å². The normalized spacial score (nSPS) is 19.9. The molecule has 0 aliphatic carbocycles. The number of aliphatic carboxylic acids is 1. The first-order chi connectivity index (χ1) is 34.5. The van der Waals surface area contributed by atoms with Crippen LogP contribution in [-0.2, 0) is 19.1 Å². The third kappa shape index (κ3) is 11.1. The van der Waals surface area contributed by atoms with Crippen LogP contribution >= 0.6 is 0 Å². The molecule has 2 aliphatic rings. The van der Waals surface area contributed by atoms with Gasteiger partial charge in [0.15, 0.2) is 22.9 Å². The molecule has 0 radical (unpaired) electrons. The van der Waals surface area contributed by atoms with Gasteiger partial charge in [-0.1, -0.05) is 0 Å². The second kappa shape index (κ2) is 22.4. The summed E-state index contributed by atoms with van der Waals surface area (Å²) in [6.07, 6.45) is 14.0. The van der Waals surface area contributed by atoms with Crippen molar-refractivity contribution in [2.24, 2.45) is 5.73 Å². The van der Waals surface area contributed by atoms with Crippen LogP contribution in [0.25, 0.3) is 56.5 Å². The number of hydrogen-bond acceptors (Lipinski definition) is 23. The average Bonchev–Trinajstić information content (AvgIpc) is 4.24. The Bertz CT molecular complexity index is 3170. The molecule has 10 heterocycles. The van der Waals surface area contributed by atoms with Gasteiger partial charge < -0.3 is 87.3 Å².